The van der Waals surface area contributed by atoms with Gasteiger partial charge in [-0.15, -0.1) is 11.3 Å². The Hall–Kier alpha value is -2.54. The van der Waals surface area contributed by atoms with Gasteiger partial charge in [0, 0.05) is 13.0 Å². The number of amides is 1. The Morgan fingerprint density at radius 3 is 2.62 bits per heavy atom. The van der Waals surface area contributed by atoms with E-state index in [1.54, 1.807) is 0 Å². The molecule has 1 aliphatic heterocycles. The van der Waals surface area contributed by atoms with E-state index in [2.05, 4.69) is 27.2 Å². The molecule has 1 aromatic carbocycles. The van der Waals surface area contributed by atoms with Gasteiger partial charge >= 0.3 is 0 Å². The molecule has 1 aliphatic rings. The number of aromatic nitrogens is 4. The molecule has 2 aromatic heterocycles. The SMILES string of the molecule is Cc1nc2n(n1)CCN(C(=O)c1sc(C)nc1C)[C@H]2Cc1ccccc1. The Morgan fingerprint density at radius 1 is 1.15 bits per heavy atom. The van der Waals surface area contributed by atoms with Crippen molar-refractivity contribution in [3.63, 3.8) is 0 Å². The largest absolute Gasteiger partial charge is 0.325 e. The molecule has 1 atom stereocenters. The summed E-state index contributed by atoms with van der Waals surface area (Å²) in [6.45, 7) is 7.03. The average Bonchev–Trinajstić information content (AvgIpc) is 3.16. The van der Waals surface area contributed by atoms with Crippen LogP contribution < -0.4 is 0 Å². The summed E-state index contributed by atoms with van der Waals surface area (Å²) in [7, 11) is 0. The van der Waals surface area contributed by atoms with E-state index in [0.29, 0.717) is 13.1 Å². The van der Waals surface area contributed by atoms with Crippen LogP contribution in [0.15, 0.2) is 30.3 Å². The second-order valence-electron chi connectivity index (χ2n) is 6.59. The molecule has 4 rings (SSSR count). The molecule has 0 fully saturated rings. The zero-order chi connectivity index (χ0) is 18.3. The second kappa shape index (κ2) is 6.64. The lowest BCUT2D eigenvalue weighted by atomic mass is 10.0. The van der Waals surface area contributed by atoms with Crippen molar-refractivity contribution in [2.24, 2.45) is 0 Å². The molecule has 0 aliphatic carbocycles. The maximum atomic E-state index is 13.3. The molecule has 0 bridgehead atoms. The Bertz CT molecular complexity index is 946. The number of hydrogen-bond acceptors (Lipinski definition) is 5. The van der Waals surface area contributed by atoms with Gasteiger partial charge in [-0.05, 0) is 26.3 Å². The summed E-state index contributed by atoms with van der Waals surface area (Å²) in [5, 5.41) is 5.41. The van der Waals surface area contributed by atoms with Gasteiger partial charge < -0.3 is 4.90 Å². The summed E-state index contributed by atoms with van der Waals surface area (Å²) in [6.07, 6.45) is 0.724. The molecule has 3 aromatic rings. The highest BCUT2D eigenvalue weighted by atomic mass is 32.1. The first-order chi connectivity index (χ1) is 12.5. The molecular formula is C19H21N5OS. The van der Waals surface area contributed by atoms with Crippen LogP contribution >= 0.6 is 11.3 Å². The minimum atomic E-state index is -0.123. The number of aryl methyl sites for hydroxylation is 3. The quantitative estimate of drug-likeness (QED) is 0.714. The van der Waals surface area contributed by atoms with E-state index in [9.17, 15) is 4.79 Å². The summed E-state index contributed by atoms with van der Waals surface area (Å²) >= 11 is 1.47. The molecule has 26 heavy (non-hydrogen) atoms. The molecular weight excluding hydrogens is 346 g/mol. The van der Waals surface area contributed by atoms with Gasteiger partial charge in [-0.1, -0.05) is 30.3 Å². The summed E-state index contributed by atoms with van der Waals surface area (Å²) in [6, 6.07) is 10.1. The normalized spacial score (nSPS) is 16.6. The number of benzene rings is 1. The topological polar surface area (TPSA) is 63.9 Å². The van der Waals surface area contributed by atoms with Crippen molar-refractivity contribution in [3.05, 3.63) is 63.1 Å². The Balaban J connectivity index is 1.72. The fourth-order valence-corrected chi connectivity index (χ4v) is 4.40. The van der Waals surface area contributed by atoms with Crippen LogP contribution in [0, 0.1) is 20.8 Å². The Morgan fingerprint density at radius 2 is 1.92 bits per heavy atom. The van der Waals surface area contributed by atoms with Crippen molar-refractivity contribution in [3.8, 4) is 0 Å². The van der Waals surface area contributed by atoms with Gasteiger partial charge in [0.05, 0.1) is 23.3 Å². The van der Waals surface area contributed by atoms with Crippen molar-refractivity contribution >= 4 is 17.2 Å². The monoisotopic (exact) mass is 367 g/mol. The number of hydrogen-bond donors (Lipinski definition) is 0. The number of carbonyl (C=O) groups excluding carboxylic acids is 1. The lowest BCUT2D eigenvalue weighted by Crippen LogP contribution is -2.43. The number of carbonyl (C=O) groups is 1. The zero-order valence-electron chi connectivity index (χ0n) is 15.1. The van der Waals surface area contributed by atoms with Crippen LogP contribution in [0.5, 0.6) is 0 Å². The average molecular weight is 367 g/mol. The van der Waals surface area contributed by atoms with E-state index in [4.69, 9.17) is 0 Å². The standard InChI is InChI=1S/C19H21N5OS/c1-12-17(26-14(3)20-12)19(25)23-9-10-24-18(21-13(2)22-24)16(23)11-15-7-5-4-6-8-15/h4-8,16H,9-11H2,1-3H3/t16-/m0/s1. The van der Waals surface area contributed by atoms with Crippen molar-refractivity contribution in [1.82, 2.24) is 24.6 Å². The van der Waals surface area contributed by atoms with Gasteiger partial charge in [-0.3, -0.25) is 4.79 Å². The maximum Gasteiger partial charge on any atom is 0.266 e. The number of nitrogens with zero attached hydrogens (tertiary/aromatic N) is 5. The smallest absolute Gasteiger partial charge is 0.266 e. The van der Waals surface area contributed by atoms with Crippen LogP contribution in [0.2, 0.25) is 0 Å². The fraction of sp³-hybridized carbons (Fsp3) is 0.368. The van der Waals surface area contributed by atoms with Crippen molar-refractivity contribution in [1.29, 1.82) is 0 Å². The summed E-state index contributed by atoms with van der Waals surface area (Å²) in [4.78, 5) is 25.0. The highest BCUT2D eigenvalue weighted by molar-refractivity contribution is 7.13. The lowest BCUT2D eigenvalue weighted by Gasteiger charge is -2.35. The van der Waals surface area contributed by atoms with Crippen molar-refractivity contribution in [2.75, 3.05) is 6.54 Å². The molecule has 0 spiro atoms. The first-order valence-corrected chi connectivity index (χ1v) is 9.55. The molecule has 6 nitrogen and oxygen atoms in total. The van der Waals surface area contributed by atoms with E-state index < -0.39 is 0 Å². The molecule has 1 amide bonds. The molecule has 0 saturated carbocycles. The minimum absolute atomic E-state index is 0.0425. The van der Waals surface area contributed by atoms with Crippen molar-refractivity contribution < 1.29 is 4.79 Å². The summed E-state index contributed by atoms with van der Waals surface area (Å²) in [5.74, 6) is 1.66. The van der Waals surface area contributed by atoms with Crippen LogP contribution in [0.25, 0.3) is 0 Å². The number of fused-ring (bicyclic) bond motifs is 1. The first kappa shape index (κ1) is 16.9. The highest BCUT2D eigenvalue weighted by Crippen LogP contribution is 2.31. The van der Waals surface area contributed by atoms with E-state index >= 15 is 0 Å². The number of thiazole rings is 1. The molecule has 0 unspecified atom stereocenters. The van der Waals surface area contributed by atoms with Gasteiger partial charge in [0.1, 0.15) is 16.5 Å². The van der Waals surface area contributed by atoms with E-state index in [-0.39, 0.29) is 11.9 Å². The van der Waals surface area contributed by atoms with Crippen LogP contribution in [-0.2, 0) is 13.0 Å². The van der Waals surface area contributed by atoms with Crippen LogP contribution in [0.1, 0.15) is 43.6 Å². The molecule has 0 radical (unpaired) electrons. The maximum absolute atomic E-state index is 13.3. The van der Waals surface area contributed by atoms with Gasteiger partial charge in [0.2, 0.25) is 0 Å². The lowest BCUT2D eigenvalue weighted by molar-refractivity contribution is 0.0612. The predicted octanol–water partition coefficient (Wildman–Crippen LogP) is 3.10. The summed E-state index contributed by atoms with van der Waals surface area (Å²) in [5.41, 5.74) is 1.99. The third kappa shape index (κ3) is 3.03. The van der Waals surface area contributed by atoms with Gasteiger partial charge in [0.25, 0.3) is 5.91 Å². The summed E-state index contributed by atoms with van der Waals surface area (Å²) < 4.78 is 1.94. The van der Waals surface area contributed by atoms with E-state index in [1.165, 1.54) is 16.9 Å². The van der Waals surface area contributed by atoms with Gasteiger partial charge in [-0.25, -0.2) is 14.6 Å². The molecule has 3 heterocycles. The highest BCUT2D eigenvalue weighted by Gasteiger charge is 2.35. The van der Waals surface area contributed by atoms with Crippen molar-refractivity contribution in [2.45, 2.75) is 39.8 Å². The van der Waals surface area contributed by atoms with Crippen LogP contribution in [0.4, 0.5) is 0 Å². The van der Waals surface area contributed by atoms with E-state index in [1.807, 2.05) is 48.6 Å². The van der Waals surface area contributed by atoms with E-state index in [0.717, 1.165) is 33.6 Å². The Labute approximate surface area is 156 Å². The third-order valence-electron chi connectivity index (χ3n) is 4.66. The molecule has 7 heteroatoms. The molecule has 0 saturated heterocycles. The Kier molecular flexibility index (Phi) is 4.32. The molecule has 0 N–H and O–H groups in total. The zero-order valence-corrected chi connectivity index (χ0v) is 16.0. The number of rotatable bonds is 3. The predicted molar refractivity (Wildman–Crippen MR) is 100 cm³/mol. The second-order valence-corrected chi connectivity index (χ2v) is 7.80. The van der Waals surface area contributed by atoms with Gasteiger partial charge in [-0.2, -0.15) is 5.10 Å². The van der Waals surface area contributed by atoms with Crippen LogP contribution in [0.3, 0.4) is 0 Å². The minimum Gasteiger partial charge on any atom is -0.325 e. The molecule has 134 valence electrons. The third-order valence-corrected chi connectivity index (χ3v) is 5.72. The van der Waals surface area contributed by atoms with Gasteiger partial charge in [0.15, 0.2) is 0 Å². The van der Waals surface area contributed by atoms with Crippen LogP contribution in [-0.4, -0.2) is 37.1 Å². The first-order valence-electron chi connectivity index (χ1n) is 8.73. The fourth-order valence-electron chi connectivity index (χ4n) is 3.52.